The topological polar surface area (TPSA) is 32.3 Å². The fourth-order valence-electron chi connectivity index (χ4n) is 1.53. The number of unbranched alkanes of at least 4 members (excludes halogenated alkanes) is 3. The van der Waals surface area contributed by atoms with Gasteiger partial charge >= 0.3 is 0 Å². The predicted octanol–water partition coefficient (Wildman–Crippen LogP) is 3.46. The first-order chi connectivity index (χ1) is 7.74. The van der Waals surface area contributed by atoms with Gasteiger partial charge in [-0.05, 0) is 48.3 Å². The molecule has 1 aromatic heterocycles. The largest absolute Gasteiger partial charge is 0.396 e. The average molecular weight is 306 g/mol. The van der Waals surface area contributed by atoms with Gasteiger partial charge < -0.3 is 10.4 Å². The monoisotopic (exact) mass is 305 g/mol. The van der Waals surface area contributed by atoms with E-state index >= 15 is 0 Å². The molecule has 1 heterocycles. The zero-order valence-corrected chi connectivity index (χ0v) is 12.2. The van der Waals surface area contributed by atoms with Gasteiger partial charge in [-0.25, -0.2) is 0 Å². The Morgan fingerprint density at radius 3 is 2.69 bits per heavy atom. The summed E-state index contributed by atoms with van der Waals surface area (Å²) >= 11 is 5.37. The number of nitrogens with one attached hydrogen (secondary N) is 1. The Hall–Kier alpha value is 0.100. The molecule has 1 rings (SSSR count). The summed E-state index contributed by atoms with van der Waals surface area (Å²) in [6.45, 7) is 4.50. The summed E-state index contributed by atoms with van der Waals surface area (Å²) in [7, 11) is 0. The third kappa shape index (κ3) is 5.43. The first-order valence-electron chi connectivity index (χ1n) is 5.80. The van der Waals surface area contributed by atoms with Crippen molar-refractivity contribution in [3.05, 3.63) is 20.3 Å². The van der Waals surface area contributed by atoms with Gasteiger partial charge in [0, 0.05) is 27.4 Å². The van der Waals surface area contributed by atoms with Gasteiger partial charge in [-0.15, -0.1) is 11.3 Å². The fraction of sp³-hybridized carbons (Fsp3) is 0.667. The van der Waals surface area contributed by atoms with Crippen molar-refractivity contribution in [2.75, 3.05) is 13.2 Å². The smallest absolute Gasteiger partial charge is 0.0431 e. The second-order valence-electron chi connectivity index (χ2n) is 3.93. The maximum atomic E-state index is 8.63. The number of halogens is 1. The van der Waals surface area contributed by atoms with Crippen LogP contribution in [0.3, 0.4) is 0 Å². The molecule has 0 aliphatic rings. The van der Waals surface area contributed by atoms with Gasteiger partial charge in [-0.2, -0.15) is 0 Å². The molecule has 2 nitrogen and oxygen atoms in total. The van der Waals surface area contributed by atoms with Crippen LogP contribution in [0.25, 0.3) is 0 Å². The lowest BCUT2D eigenvalue weighted by Gasteiger charge is -2.02. The number of aliphatic hydroxyl groups is 1. The Morgan fingerprint density at radius 1 is 1.31 bits per heavy atom. The standard InChI is InChI=1S/C12H20BrNOS/c1-10-12(13)8-11(16-10)9-14-6-4-2-3-5-7-15/h8,14-15H,2-7,9H2,1H3. The molecule has 2 N–H and O–H groups in total. The van der Waals surface area contributed by atoms with Gasteiger partial charge in [0.15, 0.2) is 0 Å². The molecule has 92 valence electrons. The Morgan fingerprint density at radius 2 is 2.06 bits per heavy atom. The molecule has 0 bridgehead atoms. The molecule has 4 heteroatoms. The number of hydrogen-bond donors (Lipinski definition) is 2. The van der Waals surface area contributed by atoms with E-state index in [1.54, 1.807) is 0 Å². The SMILES string of the molecule is Cc1sc(CNCCCCCCO)cc1Br. The van der Waals surface area contributed by atoms with Gasteiger partial charge in [0.25, 0.3) is 0 Å². The van der Waals surface area contributed by atoms with Crippen LogP contribution >= 0.6 is 27.3 Å². The van der Waals surface area contributed by atoms with E-state index < -0.39 is 0 Å². The molecule has 0 aromatic carbocycles. The Labute approximate surface area is 110 Å². The number of aryl methyl sites for hydroxylation is 1. The molecular weight excluding hydrogens is 286 g/mol. The third-order valence-electron chi connectivity index (χ3n) is 2.47. The molecule has 0 saturated carbocycles. The van der Waals surface area contributed by atoms with Gasteiger partial charge in [-0.3, -0.25) is 0 Å². The second-order valence-corrected chi connectivity index (χ2v) is 6.13. The number of aliphatic hydroxyl groups excluding tert-OH is 1. The van der Waals surface area contributed by atoms with Crippen molar-refractivity contribution in [2.24, 2.45) is 0 Å². The molecule has 1 aromatic rings. The number of thiophene rings is 1. The van der Waals surface area contributed by atoms with E-state index in [1.807, 2.05) is 11.3 Å². The van der Waals surface area contributed by atoms with Crippen LogP contribution in [0.4, 0.5) is 0 Å². The van der Waals surface area contributed by atoms with Crippen LogP contribution in [-0.4, -0.2) is 18.3 Å². The number of hydrogen-bond acceptors (Lipinski definition) is 3. The minimum Gasteiger partial charge on any atom is -0.396 e. The molecule has 0 aliphatic carbocycles. The first-order valence-corrected chi connectivity index (χ1v) is 7.41. The third-order valence-corrected chi connectivity index (χ3v) is 4.61. The van der Waals surface area contributed by atoms with E-state index in [4.69, 9.17) is 5.11 Å². The zero-order valence-electron chi connectivity index (χ0n) is 9.76. The van der Waals surface area contributed by atoms with Crippen molar-refractivity contribution in [3.63, 3.8) is 0 Å². The van der Waals surface area contributed by atoms with Crippen LogP contribution in [0, 0.1) is 6.92 Å². The zero-order chi connectivity index (χ0) is 11.8. The molecule has 0 aliphatic heterocycles. The van der Waals surface area contributed by atoms with Gasteiger partial charge in [0.1, 0.15) is 0 Å². The maximum Gasteiger partial charge on any atom is 0.0431 e. The van der Waals surface area contributed by atoms with Crippen molar-refractivity contribution < 1.29 is 5.11 Å². The van der Waals surface area contributed by atoms with Crippen molar-refractivity contribution in [2.45, 2.75) is 39.2 Å². The van der Waals surface area contributed by atoms with Gasteiger partial charge in [0.2, 0.25) is 0 Å². The highest BCUT2D eigenvalue weighted by molar-refractivity contribution is 9.10. The minimum atomic E-state index is 0.329. The highest BCUT2D eigenvalue weighted by Crippen LogP contribution is 2.25. The summed E-state index contributed by atoms with van der Waals surface area (Å²) in [5.41, 5.74) is 0. The molecule has 0 unspecified atom stereocenters. The predicted molar refractivity (Wildman–Crippen MR) is 74.0 cm³/mol. The molecule has 0 amide bonds. The maximum absolute atomic E-state index is 8.63. The molecular formula is C12H20BrNOS. The Kier molecular flexibility index (Phi) is 7.28. The van der Waals surface area contributed by atoms with Crippen LogP contribution < -0.4 is 5.32 Å². The highest BCUT2D eigenvalue weighted by Gasteiger charge is 2.01. The quantitative estimate of drug-likeness (QED) is 0.721. The fourth-order valence-corrected chi connectivity index (χ4v) is 3.10. The lowest BCUT2D eigenvalue weighted by atomic mass is 10.2. The molecule has 0 fully saturated rings. The van der Waals surface area contributed by atoms with E-state index in [2.05, 4.69) is 34.2 Å². The van der Waals surface area contributed by atoms with E-state index in [1.165, 1.54) is 27.1 Å². The van der Waals surface area contributed by atoms with Crippen LogP contribution in [0.1, 0.15) is 35.4 Å². The lowest BCUT2D eigenvalue weighted by Crippen LogP contribution is -2.13. The summed E-state index contributed by atoms with van der Waals surface area (Å²) in [4.78, 5) is 2.74. The van der Waals surface area contributed by atoms with E-state index in [0.717, 1.165) is 25.9 Å². The van der Waals surface area contributed by atoms with Crippen molar-refractivity contribution in [1.29, 1.82) is 0 Å². The Balaban J connectivity index is 2.03. The molecule has 16 heavy (non-hydrogen) atoms. The molecule has 0 saturated heterocycles. The van der Waals surface area contributed by atoms with Crippen LogP contribution in [0.5, 0.6) is 0 Å². The lowest BCUT2D eigenvalue weighted by molar-refractivity contribution is 0.282. The minimum absolute atomic E-state index is 0.329. The normalized spacial score (nSPS) is 10.9. The summed E-state index contributed by atoms with van der Waals surface area (Å²) in [5.74, 6) is 0. The van der Waals surface area contributed by atoms with E-state index in [9.17, 15) is 0 Å². The van der Waals surface area contributed by atoms with Crippen molar-refractivity contribution in [1.82, 2.24) is 5.32 Å². The van der Waals surface area contributed by atoms with E-state index in [-0.39, 0.29) is 0 Å². The van der Waals surface area contributed by atoms with Crippen LogP contribution in [0.2, 0.25) is 0 Å². The van der Waals surface area contributed by atoms with Crippen LogP contribution in [0.15, 0.2) is 10.5 Å². The average Bonchev–Trinajstić information content (AvgIpc) is 2.57. The van der Waals surface area contributed by atoms with Gasteiger partial charge in [0.05, 0.1) is 0 Å². The van der Waals surface area contributed by atoms with Crippen molar-refractivity contribution >= 4 is 27.3 Å². The van der Waals surface area contributed by atoms with Crippen LogP contribution in [-0.2, 0) is 6.54 Å². The van der Waals surface area contributed by atoms with E-state index in [0.29, 0.717) is 6.61 Å². The number of rotatable bonds is 8. The highest BCUT2D eigenvalue weighted by atomic mass is 79.9. The molecule has 0 radical (unpaired) electrons. The summed E-state index contributed by atoms with van der Waals surface area (Å²) in [5, 5.41) is 12.1. The Bertz CT molecular complexity index is 282. The molecule has 0 spiro atoms. The summed E-state index contributed by atoms with van der Waals surface area (Å²) in [6.07, 6.45) is 4.49. The second kappa shape index (κ2) is 8.23. The van der Waals surface area contributed by atoms with Gasteiger partial charge in [-0.1, -0.05) is 12.8 Å². The molecule has 0 atom stereocenters. The summed E-state index contributed by atoms with van der Waals surface area (Å²) in [6, 6.07) is 2.19. The van der Waals surface area contributed by atoms with Crippen molar-refractivity contribution in [3.8, 4) is 0 Å². The first kappa shape index (κ1) is 14.2. The summed E-state index contributed by atoms with van der Waals surface area (Å²) < 4.78 is 1.22.